The van der Waals surface area contributed by atoms with Crippen LogP contribution in [0.1, 0.15) is 40.9 Å². The zero-order chi connectivity index (χ0) is 19.3. The minimum atomic E-state index is -0.0761. The summed E-state index contributed by atoms with van der Waals surface area (Å²) in [6.07, 6.45) is 11.1. The first-order valence-electron chi connectivity index (χ1n) is 9.69. The second-order valence-electron chi connectivity index (χ2n) is 7.99. The minimum absolute atomic E-state index is 0.00288. The number of carbonyl (C=O) groups is 1. The summed E-state index contributed by atoms with van der Waals surface area (Å²) in [6.45, 7) is 1.44. The first kappa shape index (κ1) is 17.1. The van der Waals surface area contributed by atoms with Crippen molar-refractivity contribution in [1.82, 2.24) is 29.5 Å². The van der Waals surface area contributed by atoms with E-state index < -0.39 is 0 Å². The highest BCUT2D eigenvalue weighted by molar-refractivity contribution is 5.99. The predicted octanol–water partition coefficient (Wildman–Crippen LogP) is 1.71. The van der Waals surface area contributed by atoms with Crippen LogP contribution in [-0.4, -0.2) is 62.6 Å². The molecule has 144 valence electrons. The second kappa shape index (κ2) is 6.25. The Morgan fingerprint density at radius 1 is 1.21 bits per heavy atom. The number of piperidine rings is 1. The molecule has 1 saturated heterocycles. The summed E-state index contributed by atoms with van der Waals surface area (Å²) in [7, 11) is 3.91. The van der Waals surface area contributed by atoms with E-state index in [1.54, 1.807) is 16.9 Å². The van der Waals surface area contributed by atoms with Gasteiger partial charge in [-0.2, -0.15) is 5.10 Å². The van der Waals surface area contributed by atoms with Crippen molar-refractivity contribution in [1.29, 1.82) is 0 Å². The van der Waals surface area contributed by atoms with Gasteiger partial charge in [-0.15, -0.1) is 0 Å². The van der Waals surface area contributed by atoms with Gasteiger partial charge >= 0.3 is 0 Å². The van der Waals surface area contributed by atoms with E-state index in [-0.39, 0.29) is 11.3 Å². The van der Waals surface area contributed by atoms with Crippen LogP contribution in [0.25, 0.3) is 5.65 Å². The molecule has 8 nitrogen and oxygen atoms in total. The van der Waals surface area contributed by atoms with E-state index in [0.29, 0.717) is 17.8 Å². The fourth-order valence-electron chi connectivity index (χ4n) is 4.60. The van der Waals surface area contributed by atoms with Crippen LogP contribution in [0.3, 0.4) is 0 Å². The summed E-state index contributed by atoms with van der Waals surface area (Å²) in [5.74, 6) is 0.735. The van der Waals surface area contributed by atoms with Crippen LogP contribution in [-0.2, 0) is 11.8 Å². The first-order chi connectivity index (χ1) is 13.6. The predicted molar refractivity (Wildman–Crippen MR) is 104 cm³/mol. The quantitative estimate of drug-likeness (QED) is 0.676. The standard InChI is InChI=1S/C20H23N7O/c1-25(2)19-22-11-14-5-7-20(16(14)24-19)6-3-9-26(13-20)18(28)15-12-23-27-10-4-8-21-17(15)27/h4,8,10-12H,3,5-7,9,13H2,1-2H3. The Hall–Kier alpha value is -3.03. The van der Waals surface area contributed by atoms with Crippen molar-refractivity contribution in [3.05, 3.63) is 47.7 Å². The zero-order valence-electron chi connectivity index (χ0n) is 16.2. The molecule has 8 heteroatoms. The molecule has 1 aliphatic carbocycles. The average Bonchev–Trinajstić information content (AvgIpc) is 3.29. The van der Waals surface area contributed by atoms with Gasteiger partial charge in [0.05, 0.1) is 11.9 Å². The van der Waals surface area contributed by atoms with Gasteiger partial charge in [-0.05, 0) is 37.3 Å². The maximum Gasteiger partial charge on any atom is 0.259 e. The van der Waals surface area contributed by atoms with Crippen molar-refractivity contribution in [3.63, 3.8) is 0 Å². The molecule has 1 amide bonds. The van der Waals surface area contributed by atoms with Crippen molar-refractivity contribution in [2.45, 2.75) is 31.1 Å². The molecule has 4 heterocycles. The van der Waals surface area contributed by atoms with Crippen LogP contribution < -0.4 is 4.90 Å². The number of fused-ring (bicyclic) bond motifs is 3. The summed E-state index contributed by atoms with van der Waals surface area (Å²) in [5.41, 5.74) is 3.44. The number of aryl methyl sites for hydroxylation is 1. The molecule has 28 heavy (non-hydrogen) atoms. The van der Waals surface area contributed by atoms with Crippen molar-refractivity contribution < 1.29 is 4.79 Å². The van der Waals surface area contributed by atoms with Crippen molar-refractivity contribution >= 4 is 17.5 Å². The molecule has 5 rings (SSSR count). The van der Waals surface area contributed by atoms with E-state index in [4.69, 9.17) is 4.98 Å². The fraction of sp³-hybridized carbons (Fsp3) is 0.450. The molecular formula is C20H23N7O. The van der Waals surface area contributed by atoms with Crippen LogP contribution >= 0.6 is 0 Å². The van der Waals surface area contributed by atoms with Gasteiger partial charge in [0.25, 0.3) is 5.91 Å². The Bertz CT molecular complexity index is 1060. The Labute approximate surface area is 163 Å². The molecule has 2 aliphatic rings. The number of amides is 1. The molecule has 3 aromatic heterocycles. The third-order valence-corrected chi connectivity index (χ3v) is 6.00. The first-order valence-corrected chi connectivity index (χ1v) is 9.69. The number of anilines is 1. The third kappa shape index (κ3) is 2.55. The molecule has 0 bridgehead atoms. The lowest BCUT2D eigenvalue weighted by atomic mass is 9.77. The molecule has 0 aromatic carbocycles. The van der Waals surface area contributed by atoms with Gasteiger partial charge in [-0.3, -0.25) is 4.79 Å². The largest absolute Gasteiger partial charge is 0.347 e. The molecule has 0 N–H and O–H groups in total. The Kier molecular flexibility index (Phi) is 3.82. The van der Waals surface area contributed by atoms with E-state index in [1.165, 1.54) is 5.56 Å². The van der Waals surface area contributed by atoms with Gasteiger partial charge in [-0.25, -0.2) is 19.5 Å². The summed E-state index contributed by atoms with van der Waals surface area (Å²) in [4.78, 5) is 30.9. The number of rotatable bonds is 2. The SMILES string of the molecule is CN(C)c1ncc2c(n1)C1(CCCN(C(=O)c3cnn4cccnc34)C1)CC2. The topological polar surface area (TPSA) is 79.5 Å². The number of likely N-dealkylation sites (tertiary alicyclic amines) is 1. The number of hydrogen-bond donors (Lipinski definition) is 0. The fourth-order valence-corrected chi connectivity index (χ4v) is 4.60. The molecule has 1 fully saturated rings. The normalized spacial score (nSPS) is 21.3. The zero-order valence-corrected chi connectivity index (χ0v) is 16.2. The lowest BCUT2D eigenvalue weighted by Crippen LogP contribution is -2.48. The molecule has 1 atom stereocenters. The van der Waals surface area contributed by atoms with Crippen LogP contribution in [0.2, 0.25) is 0 Å². The highest BCUT2D eigenvalue weighted by Crippen LogP contribution is 2.44. The van der Waals surface area contributed by atoms with Gasteiger partial charge in [-0.1, -0.05) is 0 Å². The number of hydrogen-bond acceptors (Lipinski definition) is 6. The average molecular weight is 377 g/mol. The Balaban J connectivity index is 1.48. The van der Waals surface area contributed by atoms with Crippen LogP contribution in [0, 0.1) is 0 Å². The third-order valence-electron chi connectivity index (χ3n) is 6.00. The van der Waals surface area contributed by atoms with E-state index in [2.05, 4.69) is 15.1 Å². The number of nitrogens with zero attached hydrogens (tertiary/aromatic N) is 7. The van der Waals surface area contributed by atoms with Gasteiger partial charge in [0.15, 0.2) is 5.65 Å². The molecule has 0 saturated carbocycles. The molecule has 1 spiro atoms. The monoisotopic (exact) mass is 377 g/mol. The van der Waals surface area contributed by atoms with Crippen molar-refractivity contribution in [2.24, 2.45) is 0 Å². The lowest BCUT2D eigenvalue weighted by Gasteiger charge is -2.40. The van der Waals surface area contributed by atoms with Crippen molar-refractivity contribution in [2.75, 3.05) is 32.1 Å². The van der Waals surface area contributed by atoms with E-state index in [1.807, 2.05) is 42.4 Å². The smallest absolute Gasteiger partial charge is 0.259 e. The van der Waals surface area contributed by atoms with E-state index >= 15 is 0 Å². The lowest BCUT2D eigenvalue weighted by molar-refractivity contribution is 0.0635. The van der Waals surface area contributed by atoms with Gasteiger partial charge in [0.1, 0.15) is 5.56 Å². The maximum atomic E-state index is 13.3. The second-order valence-corrected chi connectivity index (χ2v) is 7.99. The van der Waals surface area contributed by atoms with E-state index in [9.17, 15) is 4.79 Å². The van der Waals surface area contributed by atoms with Gasteiger partial charge in [0, 0.05) is 51.2 Å². The summed E-state index contributed by atoms with van der Waals surface area (Å²) < 4.78 is 1.65. The summed E-state index contributed by atoms with van der Waals surface area (Å²) in [5, 5.41) is 4.27. The van der Waals surface area contributed by atoms with Crippen molar-refractivity contribution in [3.8, 4) is 0 Å². The highest BCUT2D eigenvalue weighted by atomic mass is 16.2. The summed E-state index contributed by atoms with van der Waals surface area (Å²) in [6, 6.07) is 1.81. The van der Waals surface area contributed by atoms with Gasteiger partial charge < -0.3 is 9.80 Å². The molecule has 1 aliphatic heterocycles. The molecular weight excluding hydrogens is 354 g/mol. The van der Waals surface area contributed by atoms with Gasteiger partial charge in [0.2, 0.25) is 5.95 Å². The van der Waals surface area contributed by atoms with Crippen LogP contribution in [0.5, 0.6) is 0 Å². The molecule has 1 unspecified atom stereocenters. The minimum Gasteiger partial charge on any atom is -0.347 e. The molecule has 3 aromatic rings. The number of carbonyl (C=O) groups excluding carboxylic acids is 1. The highest BCUT2D eigenvalue weighted by Gasteiger charge is 2.45. The number of aromatic nitrogens is 5. The van der Waals surface area contributed by atoms with Crippen LogP contribution in [0.15, 0.2) is 30.9 Å². The maximum absolute atomic E-state index is 13.3. The summed E-state index contributed by atoms with van der Waals surface area (Å²) >= 11 is 0. The van der Waals surface area contributed by atoms with Crippen LogP contribution in [0.4, 0.5) is 5.95 Å². The Morgan fingerprint density at radius 2 is 2.11 bits per heavy atom. The molecule has 0 radical (unpaired) electrons. The van der Waals surface area contributed by atoms with E-state index in [0.717, 1.165) is 43.9 Å². The Morgan fingerprint density at radius 3 is 2.96 bits per heavy atom.